The van der Waals surface area contributed by atoms with Crippen molar-refractivity contribution < 1.29 is 23.1 Å². The number of sulfonamides is 1. The molecule has 0 aromatic heterocycles. The lowest BCUT2D eigenvalue weighted by Gasteiger charge is -2.15. The van der Waals surface area contributed by atoms with E-state index in [1.165, 1.54) is 0 Å². The Morgan fingerprint density at radius 2 is 2.13 bits per heavy atom. The third-order valence-electron chi connectivity index (χ3n) is 4.33. The van der Waals surface area contributed by atoms with Gasteiger partial charge in [-0.05, 0) is 31.4 Å². The highest BCUT2D eigenvalue weighted by Gasteiger charge is 2.47. The molecule has 124 valence electrons. The fourth-order valence-electron chi connectivity index (χ4n) is 2.91. The smallest absolute Gasteiger partial charge is 0.306 e. The molecule has 1 aliphatic heterocycles. The first-order valence-electron chi connectivity index (χ1n) is 7.56. The molecule has 2 N–H and O–H groups in total. The predicted octanol–water partition coefficient (Wildman–Crippen LogP) is 1.84. The van der Waals surface area contributed by atoms with E-state index in [0.29, 0.717) is 18.8 Å². The summed E-state index contributed by atoms with van der Waals surface area (Å²) in [5, 5.41) is 8.96. The van der Waals surface area contributed by atoms with Gasteiger partial charge >= 0.3 is 5.97 Å². The lowest BCUT2D eigenvalue weighted by Crippen LogP contribution is -2.35. The summed E-state index contributed by atoms with van der Waals surface area (Å²) in [5.74, 6) is -0.784. The van der Waals surface area contributed by atoms with E-state index in [0.717, 1.165) is 5.56 Å². The van der Waals surface area contributed by atoms with Crippen LogP contribution < -0.4 is 9.46 Å². The number of carbonyl (C=O) groups is 1. The molecule has 2 aliphatic rings. The number of carboxylic acids is 1. The van der Waals surface area contributed by atoms with E-state index in [-0.39, 0.29) is 17.2 Å². The third kappa shape index (κ3) is 3.40. The summed E-state index contributed by atoms with van der Waals surface area (Å²) in [7, 11) is -3.66. The van der Waals surface area contributed by atoms with Crippen LogP contribution in [0.25, 0.3) is 6.08 Å². The number of ether oxygens (including phenoxy) is 1. The first-order chi connectivity index (χ1) is 10.9. The molecule has 0 bridgehead atoms. The number of nitrogens with one attached hydrogen (secondary N) is 1. The van der Waals surface area contributed by atoms with Crippen LogP contribution in [0.15, 0.2) is 29.2 Å². The Hall–Kier alpha value is -1.86. The van der Waals surface area contributed by atoms with Crippen molar-refractivity contribution in [3.05, 3.63) is 34.7 Å². The molecule has 1 heterocycles. The number of hydrogen-bond donors (Lipinski definition) is 2. The molecule has 1 unspecified atom stereocenters. The van der Waals surface area contributed by atoms with Crippen molar-refractivity contribution in [1.29, 1.82) is 0 Å². The van der Waals surface area contributed by atoms with Gasteiger partial charge in [-0.15, -0.1) is 0 Å². The highest BCUT2D eigenvalue weighted by Crippen LogP contribution is 2.41. The van der Waals surface area contributed by atoms with E-state index in [2.05, 4.69) is 4.72 Å². The Balaban J connectivity index is 1.77. The number of para-hydroxylation sites is 1. The van der Waals surface area contributed by atoms with Crippen LogP contribution in [0.5, 0.6) is 5.75 Å². The van der Waals surface area contributed by atoms with Crippen LogP contribution in [0, 0.1) is 11.8 Å². The van der Waals surface area contributed by atoms with Crippen LogP contribution in [0.1, 0.15) is 25.3 Å². The maximum absolute atomic E-state index is 12.6. The van der Waals surface area contributed by atoms with Crippen molar-refractivity contribution in [3.63, 3.8) is 0 Å². The maximum atomic E-state index is 12.6. The van der Waals surface area contributed by atoms with Gasteiger partial charge in [0.05, 0.1) is 17.4 Å². The largest absolute Gasteiger partial charge is 0.493 e. The van der Waals surface area contributed by atoms with Crippen molar-refractivity contribution >= 4 is 22.1 Å². The second-order valence-corrected chi connectivity index (χ2v) is 7.77. The van der Waals surface area contributed by atoms with E-state index in [1.807, 2.05) is 12.1 Å². The molecule has 23 heavy (non-hydrogen) atoms. The maximum Gasteiger partial charge on any atom is 0.306 e. The summed E-state index contributed by atoms with van der Waals surface area (Å²) < 4.78 is 33.4. The van der Waals surface area contributed by atoms with Crippen LogP contribution in [0.3, 0.4) is 0 Å². The van der Waals surface area contributed by atoms with Crippen LogP contribution in [-0.4, -0.2) is 32.1 Å². The van der Waals surface area contributed by atoms with Crippen LogP contribution in [0.2, 0.25) is 0 Å². The summed E-state index contributed by atoms with van der Waals surface area (Å²) in [6.45, 7) is 2.01. The zero-order valence-electron chi connectivity index (χ0n) is 12.7. The SMILES string of the molecule is CC(NS(=O)(=O)C1=Cc2ccccc2OCC1)[C@@H]1C[C@H]1C(=O)O. The van der Waals surface area contributed by atoms with Crippen molar-refractivity contribution in [1.82, 2.24) is 4.72 Å². The average Bonchev–Trinajstić information content (AvgIpc) is 3.29. The van der Waals surface area contributed by atoms with Crippen LogP contribution >= 0.6 is 0 Å². The second-order valence-electron chi connectivity index (χ2n) is 6.00. The Bertz CT molecular complexity index is 755. The molecule has 3 rings (SSSR count). The first kappa shape index (κ1) is 16.0. The topological polar surface area (TPSA) is 92.7 Å². The molecule has 1 aliphatic carbocycles. The van der Waals surface area contributed by atoms with E-state index in [4.69, 9.17) is 9.84 Å². The molecule has 0 saturated heterocycles. The molecule has 7 heteroatoms. The van der Waals surface area contributed by atoms with Gasteiger partial charge in [0.2, 0.25) is 10.0 Å². The molecule has 1 aromatic rings. The van der Waals surface area contributed by atoms with E-state index in [9.17, 15) is 13.2 Å². The number of benzene rings is 1. The fourth-order valence-corrected chi connectivity index (χ4v) is 4.36. The van der Waals surface area contributed by atoms with E-state index in [1.54, 1.807) is 25.1 Å². The minimum atomic E-state index is -3.66. The quantitative estimate of drug-likeness (QED) is 0.855. The molecular formula is C16H19NO5S. The number of fused-ring (bicyclic) bond motifs is 1. The van der Waals surface area contributed by atoms with Gasteiger partial charge in [-0.3, -0.25) is 4.79 Å². The Kier molecular flexibility index (Phi) is 4.16. The summed E-state index contributed by atoms with van der Waals surface area (Å²) in [6, 6.07) is 6.87. The van der Waals surface area contributed by atoms with Gasteiger partial charge in [-0.25, -0.2) is 13.1 Å². The Morgan fingerprint density at radius 3 is 2.83 bits per heavy atom. The third-order valence-corrected chi connectivity index (χ3v) is 6.02. The van der Waals surface area contributed by atoms with Gasteiger partial charge in [-0.1, -0.05) is 18.2 Å². The van der Waals surface area contributed by atoms with Crippen molar-refractivity contribution in [3.8, 4) is 5.75 Å². The molecule has 1 saturated carbocycles. The lowest BCUT2D eigenvalue weighted by molar-refractivity contribution is -0.138. The fraction of sp³-hybridized carbons (Fsp3) is 0.438. The van der Waals surface area contributed by atoms with Crippen molar-refractivity contribution in [2.45, 2.75) is 25.8 Å². The zero-order valence-corrected chi connectivity index (χ0v) is 13.5. The summed E-state index contributed by atoms with van der Waals surface area (Å²) in [6.07, 6.45) is 2.42. The van der Waals surface area contributed by atoms with Gasteiger partial charge in [0.15, 0.2) is 0 Å². The molecule has 0 spiro atoms. The van der Waals surface area contributed by atoms with Gasteiger partial charge < -0.3 is 9.84 Å². The Labute approximate surface area is 135 Å². The predicted molar refractivity (Wildman–Crippen MR) is 85.3 cm³/mol. The first-order valence-corrected chi connectivity index (χ1v) is 9.04. The highest BCUT2D eigenvalue weighted by molar-refractivity contribution is 7.93. The van der Waals surface area contributed by atoms with E-state index < -0.39 is 28.0 Å². The summed E-state index contributed by atoms with van der Waals surface area (Å²) in [4.78, 5) is 11.2. The number of hydrogen-bond acceptors (Lipinski definition) is 4. The number of rotatable bonds is 5. The normalized spacial score (nSPS) is 24.7. The van der Waals surface area contributed by atoms with E-state index >= 15 is 0 Å². The molecule has 0 radical (unpaired) electrons. The molecule has 1 aromatic carbocycles. The Morgan fingerprint density at radius 1 is 1.39 bits per heavy atom. The van der Waals surface area contributed by atoms with Gasteiger partial charge in [0.25, 0.3) is 0 Å². The molecule has 1 fully saturated rings. The minimum absolute atomic E-state index is 0.141. The monoisotopic (exact) mass is 337 g/mol. The molecule has 0 amide bonds. The molecular weight excluding hydrogens is 318 g/mol. The molecule has 6 nitrogen and oxygen atoms in total. The molecule has 3 atom stereocenters. The van der Waals surface area contributed by atoms with Crippen LogP contribution in [-0.2, 0) is 14.8 Å². The van der Waals surface area contributed by atoms with Gasteiger partial charge in [-0.2, -0.15) is 0 Å². The van der Waals surface area contributed by atoms with Crippen LogP contribution in [0.4, 0.5) is 0 Å². The van der Waals surface area contributed by atoms with Gasteiger partial charge in [0, 0.05) is 18.0 Å². The average molecular weight is 337 g/mol. The second kappa shape index (κ2) is 5.98. The zero-order chi connectivity index (χ0) is 16.6. The summed E-state index contributed by atoms with van der Waals surface area (Å²) in [5.41, 5.74) is 0.730. The lowest BCUT2D eigenvalue weighted by atomic mass is 10.2. The van der Waals surface area contributed by atoms with Crippen molar-refractivity contribution in [2.24, 2.45) is 11.8 Å². The van der Waals surface area contributed by atoms with Crippen molar-refractivity contribution in [2.75, 3.05) is 6.61 Å². The standard InChI is InChI=1S/C16H19NO5S/c1-10(13-9-14(13)16(18)19)17-23(20,21)12-6-7-22-15-5-3-2-4-11(15)8-12/h2-5,8,10,13-14,17H,6-7,9H2,1H3,(H,18,19)/t10?,13-,14+/m0/s1. The number of aliphatic carboxylic acids is 1. The van der Waals surface area contributed by atoms with Gasteiger partial charge in [0.1, 0.15) is 5.75 Å². The highest BCUT2D eigenvalue weighted by atomic mass is 32.2. The summed E-state index contributed by atoms with van der Waals surface area (Å²) >= 11 is 0. The number of carboxylic acid groups (broad SMARTS) is 1. The minimum Gasteiger partial charge on any atom is -0.493 e.